The smallest absolute Gasteiger partial charge is 0.434 e. The molecule has 0 aliphatic rings. The van der Waals surface area contributed by atoms with E-state index in [4.69, 9.17) is 19.3 Å². The number of carboxylic acids is 2. The Morgan fingerprint density at radius 2 is 1.19 bits per heavy atom. The van der Waals surface area contributed by atoms with Crippen molar-refractivity contribution in [2.75, 3.05) is 19.8 Å². The molecule has 6 heterocycles. The number of alkyl halides is 6. The molecule has 0 radical (unpaired) electrons. The molecule has 0 bridgehead atoms. The van der Waals surface area contributed by atoms with Gasteiger partial charge in [0.15, 0.2) is 17.3 Å². The van der Waals surface area contributed by atoms with Gasteiger partial charge in [-0.05, 0) is 70.8 Å². The van der Waals surface area contributed by atoms with Gasteiger partial charge in [-0.15, -0.1) is 0 Å². The monoisotopic (exact) mass is 970 g/mol. The van der Waals surface area contributed by atoms with Crippen molar-refractivity contribution in [2.24, 2.45) is 10.8 Å². The maximum absolute atomic E-state index is 13.4. The molecule has 0 unspecified atom stereocenters. The molecule has 0 amide bonds. The molecule has 22 heteroatoms. The highest BCUT2D eigenvalue weighted by atomic mass is 28.3. The van der Waals surface area contributed by atoms with E-state index in [0.717, 1.165) is 40.7 Å². The molecule has 6 rings (SSSR count). The van der Waals surface area contributed by atoms with Crippen molar-refractivity contribution in [3.05, 3.63) is 96.1 Å². The lowest BCUT2D eigenvalue weighted by atomic mass is 9.95. The second-order valence-corrected chi connectivity index (χ2v) is 24.0. The van der Waals surface area contributed by atoms with E-state index < -0.39 is 54.6 Å². The van der Waals surface area contributed by atoms with Crippen molar-refractivity contribution >= 4 is 20.0 Å². The standard InChI is InChI=1S/C26H33F3N4O4Si.C20H19F3N4O3/c1-17-11-22(37-15-25(2,3)24(34)35)31-13-19(17)18-7-8-20(30-12-18)23-32-21(26(27,28)29)14-33(23)16-36-9-10-38(4,5)6;1-11-6-16(30-10-19(2,3)18(28)29)25-8-13(11)12-4-5-14(24-7-12)17-26-9-15(27-17)20(21,22)23/h7-8,11-14H,9-10,15-16H2,1-6H3,(H,34,35);4-9H,10H2,1-3H3,(H,26,27)(H,28,29). The summed E-state index contributed by atoms with van der Waals surface area (Å²) >= 11 is 0. The number of halogens is 6. The number of hydrogen-bond acceptors (Lipinski definition) is 11. The van der Waals surface area contributed by atoms with Crippen LogP contribution in [0.4, 0.5) is 26.3 Å². The predicted molar refractivity (Wildman–Crippen MR) is 241 cm³/mol. The van der Waals surface area contributed by atoms with Crippen LogP contribution in [0.2, 0.25) is 25.7 Å². The summed E-state index contributed by atoms with van der Waals surface area (Å²) in [7, 11) is -1.34. The van der Waals surface area contributed by atoms with Gasteiger partial charge in [0.25, 0.3) is 0 Å². The number of aromatic amines is 1. The maximum atomic E-state index is 13.4. The average Bonchev–Trinajstić information content (AvgIpc) is 3.94. The third-order valence-corrected chi connectivity index (χ3v) is 12.0. The summed E-state index contributed by atoms with van der Waals surface area (Å²) in [5, 5.41) is 18.4. The largest absolute Gasteiger partial charge is 0.481 e. The Kier molecular flexibility index (Phi) is 15.9. The van der Waals surface area contributed by atoms with Crippen LogP contribution < -0.4 is 9.47 Å². The van der Waals surface area contributed by atoms with Crippen LogP contribution in [-0.4, -0.2) is 89.5 Å². The van der Waals surface area contributed by atoms with Gasteiger partial charge in [-0.3, -0.25) is 19.6 Å². The van der Waals surface area contributed by atoms with E-state index in [2.05, 4.69) is 54.5 Å². The molecule has 0 atom stereocenters. The zero-order chi connectivity index (χ0) is 50.4. The van der Waals surface area contributed by atoms with Crippen molar-refractivity contribution in [2.45, 2.75) is 86.3 Å². The molecule has 0 aromatic carbocycles. The second-order valence-electron chi connectivity index (χ2n) is 18.4. The first-order valence-corrected chi connectivity index (χ1v) is 24.7. The fraction of sp³-hybridized carbons (Fsp3) is 0.391. The van der Waals surface area contributed by atoms with Crippen LogP contribution in [0.5, 0.6) is 11.8 Å². The lowest BCUT2D eigenvalue weighted by Crippen LogP contribution is -2.30. The molecule has 0 saturated carbocycles. The van der Waals surface area contributed by atoms with Gasteiger partial charge in [0.2, 0.25) is 11.8 Å². The lowest BCUT2D eigenvalue weighted by Gasteiger charge is -2.19. The summed E-state index contributed by atoms with van der Waals surface area (Å²) in [6, 6.07) is 10.9. The Bertz CT molecular complexity index is 2700. The molecule has 6 aromatic heterocycles. The number of nitrogens with zero attached hydrogens (tertiary/aromatic N) is 7. The quantitative estimate of drug-likeness (QED) is 0.0443. The molecule has 0 fully saturated rings. The number of ether oxygens (including phenoxy) is 3. The van der Waals surface area contributed by atoms with E-state index >= 15 is 0 Å². The highest BCUT2D eigenvalue weighted by Gasteiger charge is 2.36. The highest BCUT2D eigenvalue weighted by molar-refractivity contribution is 6.76. The minimum atomic E-state index is -4.59. The van der Waals surface area contributed by atoms with Gasteiger partial charge >= 0.3 is 24.3 Å². The van der Waals surface area contributed by atoms with Gasteiger partial charge < -0.3 is 34.0 Å². The van der Waals surface area contributed by atoms with Crippen molar-refractivity contribution in [1.82, 2.24) is 39.5 Å². The van der Waals surface area contributed by atoms with Crippen LogP contribution in [0, 0.1) is 24.7 Å². The molecular formula is C46H52F6N8O7Si. The van der Waals surface area contributed by atoms with Crippen LogP contribution >= 0.6 is 0 Å². The van der Waals surface area contributed by atoms with Gasteiger partial charge in [0.1, 0.15) is 37.0 Å². The van der Waals surface area contributed by atoms with Crippen LogP contribution in [-0.2, 0) is 33.4 Å². The molecule has 15 nitrogen and oxygen atoms in total. The molecule has 3 N–H and O–H groups in total. The molecule has 0 aliphatic heterocycles. The third kappa shape index (κ3) is 13.9. The first kappa shape index (κ1) is 52.3. The highest BCUT2D eigenvalue weighted by Crippen LogP contribution is 2.33. The van der Waals surface area contributed by atoms with E-state index in [-0.39, 0.29) is 43.0 Å². The fourth-order valence-corrected chi connectivity index (χ4v) is 6.58. The Morgan fingerprint density at radius 3 is 1.59 bits per heavy atom. The number of nitrogens with one attached hydrogen (secondary N) is 1. The van der Waals surface area contributed by atoms with Gasteiger partial charge in [0.05, 0.1) is 17.0 Å². The maximum Gasteiger partial charge on any atom is 0.434 e. The molecular weight excluding hydrogens is 919 g/mol. The minimum Gasteiger partial charge on any atom is -0.481 e. The van der Waals surface area contributed by atoms with Gasteiger partial charge in [-0.2, -0.15) is 26.3 Å². The van der Waals surface area contributed by atoms with Crippen molar-refractivity contribution in [1.29, 1.82) is 0 Å². The van der Waals surface area contributed by atoms with Crippen LogP contribution in [0.3, 0.4) is 0 Å². The number of hydrogen-bond donors (Lipinski definition) is 3. The zero-order valence-electron chi connectivity index (χ0n) is 38.8. The predicted octanol–water partition coefficient (Wildman–Crippen LogP) is 10.5. The number of rotatable bonds is 17. The fourth-order valence-electron chi connectivity index (χ4n) is 5.83. The van der Waals surface area contributed by atoms with Crippen LogP contribution in [0.15, 0.2) is 73.6 Å². The summed E-state index contributed by atoms with van der Waals surface area (Å²) in [4.78, 5) is 49.2. The van der Waals surface area contributed by atoms with E-state index in [1.807, 2.05) is 13.8 Å². The molecule has 6 aromatic rings. The number of pyridine rings is 4. The van der Waals surface area contributed by atoms with Crippen molar-refractivity contribution in [3.8, 4) is 57.1 Å². The summed E-state index contributed by atoms with van der Waals surface area (Å²) in [6.07, 6.45) is -1.20. The van der Waals surface area contributed by atoms with Crippen molar-refractivity contribution in [3.63, 3.8) is 0 Å². The van der Waals surface area contributed by atoms with E-state index in [0.29, 0.717) is 29.5 Å². The SMILES string of the molecule is Cc1cc(OCC(C)(C)C(=O)O)ncc1-c1ccc(-c2nc(C(F)(F)F)cn2COCC[Si](C)(C)C)nc1.Cc1cc(OCC(C)(C)C(=O)O)ncc1-c1ccc(-c2ncc(C(F)(F)F)[nH]2)nc1. The van der Waals surface area contributed by atoms with Gasteiger partial charge in [0, 0.05) is 80.1 Å². The number of imidazole rings is 2. The number of aryl methyl sites for hydroxylation is 2. The van der Waals surface area contributed by atoms with Gasteiger partial charge in [-0.25, -0.2) is 19.9 Å². The van der Waals surface area contributed by atoms with Crippen LogP contribution in [0.1, 0.15) is 50.2 Å². The number of aromatic nitrogens is 8. The summed E-state index contributed by atoms with van der Waals surface area (Å²) in [5.41, 5.74) is 1.05. The Hall–Kier alpha value is -6.68. The normalized spacial score (nSPS) is 12.3. The Labute approximate surface area is 389 Å². The average molecular weight is 971 g/mol. The first-order valence-electron chi connectivity index (χ1n) is 21.0. The molecule has 0 spiro atoms. The second kappa shape index (κ2) is 20.7. The number of carbonyl (C=O) groups is 2. The summed E-state index contributed by atoms with van der Waals surface area (Å²) < 4.78 is 96.3. The molecule has 0 saturated heterocycles. The third-order valence-electron chi connectivity index (χ3n) is 10.3. The number of H-pyrrole nitrogens is 1. The number of aliphatic carboxylic acids is 2. The van der Waals surface area contributed by atoms with Gasteiger partial charge in [-0.1, -0.05) is 31.8 Å². The topological polar surface area (TPSA) is 200 Å². The first-order chi connectivity index (χ1) is 31.5. The van der Waals surface area contributed by atoms with E-state index in [1.165, 1.54) is 10.8 Å². The Morgan fingerprint density at radius 1 is 0.691 bits per heavy atom. The van der Waals surface area contributed by atoms with Crippen LogP contribution in [0.25, 0.3) is 45.3 Å². The molecule has 0 aliphatic carbocycles. The number of carboxylic acid groups (broad SMARTS) is 2. The lowest BCUT2D eigenvalue weighted by molar-refractivity contribution is -0.149. The van der Waals surface area contributed by atoms with E-state index in [9.17, 15) is 41.0 Å². The van der Waals surface area contributed by atoms with Crippen molar-refractivity contribution < 1.29 is 60.4 Å². The summed E-state index contributed by atoms with van der Waals surface area (Å²) in [6.45, 7) is 16.8. The minimum absolute atomic E-state index is 0.0218. The summed E-state index contributed by atoms with van der Waals surface area (Å²) in [5.74, 6) is -1.27. The Balaban J connectivity index is 0.000000261. The molecule has 364 valence electrons. The van der Waals surface area contributed by atoms with E-state index in [1.54, 1.807) is 82.7 Å². The molecule has 68 heavy (non-hydrogen) atoms. The zero-order valence-corrected chi connectivity index (χ0v) is 39.8.